The quantitative estimate of drug-likeness (QED) is 0.473. The molecule has 0 unspecified atom stereocenters. The first-order chi connectivity index (χ1) is 14.5. The summed E-state index contributed by atoms with van der Waals surface area (Å²) in [4.78, 5) is 19.0. The highest BCUT2D eigenvalue weighted by molar-refractivity contribution is 7.13. The molecule has 3 aromatic heterocycles. The zero-order valence-electron chi connectivity index (χ0n) is 17.2. The molecule has 1 amide bonds. The molecule has 4 rings (SSSR count). The molecule has 4 aromatic rings. The molecule has 0 spiro atoms. The number of hydrogen-bond acceptors (Lipinski definition) is 6. The van der Waals surface area contributed by atoms with Gasteiger partial charge >= 0.3 is 0 Å². The van der Waals surface area contributed by atoms with Crippen molar-refractivity contribution in [3.8, 4) is 22.1 Å². The van der Waals surface area contributed by atoms with E-state index in [0.717, 1.165) is 10.6 Å². The van der Waals surface area contributed by atoms with Crippen LogP contribution in [0, 0.1) is 0 Å². The first kappa shape index (κ1) is 19.9. The van der Waals surface area contributed by atoms with Gasteiger partial charge in [-0.2, -0.15) is 5.10 Å². The summed E-state index contributed by atoms with van der Waals surface area (Å²) in [6.45, 7) is 4.07. The number of fused-ring (bicyclic) bond motifs is 1. The predicted molar refractivity (Wildman–Crippen MR) is 119 cm³/mol. The van der Waals surface area contributed by atoms with Gasteiger partial charge in [0.25, 0.3) is 5.91 Å². The molecule has 3 heterocycles. The number of nitrogens with zero attached hydrogens (tertiary/aromatic N) is 3. The summed E-state index contributed by atoms with van der Waals surface area (Å²) in [6, 6.07) is 11.2. The van der Waals surface area contributed by atoms with Crippen molar-refractivity contribution in [3.05, 3.63) is 53.5 Å². The molecule has 7 nitrogen and oxygen atoms in total. The zero-order valence-corrected chi connectivity index (χ0v) is 18.0. The minimum atomic E-state index is -0.240. The van der Waals surface area contributed by atoms with Gasteiger partial charge in [0, 0.05) is 17.8 Å². The van der Waals surface area contributed by atoms with E-state index in [9.17, 15) is 4.79 Å². The average Bonchev–Trinajstić information content (AvgIpc) is 3.42. The Morgan fingerprint density at radius 3 is 2.60 bits per heavy atom. The van der Waals surface area contributed by atoms with E-state index in [0.29, 0.717) is 33.8 Å². The van der Waals surface area contributed by atoms with E-state index < -0.39 is 0 Å². The predicted octanol–water partition coefficient (Wildman–Crippen LogP) is 5.01. The van der Waals surface area contributed by atoms with Crippen molar-refractivity contribution in [2.75, 3.05) is 19.5 Å². The molecule has 0 aliphatic heterocycles. The van der Waals surface area contributed by atoms with Gasteiger partial charge in [-0.3, -0.25) is 4.79 Å². The summed E-state index contributed by atoms with van der Waals surface area (Å²) in [5, 5.41) is 10.1. The normalized spacial score (nSPS) is 11.1. The molecule has 8 heteroatoms. The highest BCUT2D eigenvalue weighted by Gasteiger charge is 2.19. The number of methoxy groups -OCH3 is 2. The van der Waals surface area contributed by atoms with Gasteiger partial charge in [-0.05, 0) is 43.5 Å². The molecule has 0 aliphatic carbocycles. The first-order valence-electron chi connectivity index (χ1n) is 9.47. The van der Waals surface area contributed by atoms with E-state index in [4.69, 9.17) is 14.5 Å². The third-order valence-electron chi connectivity index (χ3n) is 4.72. The van der Waals surface area contributed by atoms with Crippen LogP contribution < -0.4 is 14.8 Å². The van der Waals surface area contributed by atoms with Gasteiger partial charge < -0.3 is 14.8 Å². The van der Waals surface area contributed by atoms with Gasteiger partial charge in [0.05, 0.1) is 41.9 Å². The molecule has 0 aliphatic rings. The van der Waals surface area contributed by atoms with Crippen molar-refractivity contribution in [2.24, 2.45) is 0 Å². The van der Waals surface area contributed by atoms with E-state index >= 15 is 0 Å². The lowest BCUT2D eigenvalue weighted by Gasteiger charge is -2.12. The Kier molecular flexibility index (Phi) is 5.41. The van der Waals surface area contributed by atoms with Crippen LogP contribution >= 0.6 is 11.3 Å². The molecule has 154 valence electrons. The summed E-state index contributed by atoms with van der Waals surface area (Å²) in [5.41, 5.74) is 2.56. The molecule has 0 saturated heterocycles. The summed E-state index contributed by atoms with van der Waals surface area (Å²) in [5.74, 6) is 0.901. The van der Waals surface area contributed by atoms with E-state index in [1.54, 1.807) is 50.0 Å². The summed E-state index contributed by atoms with van der Waals surface area (Å²) >= 11 is 1.58. The molecular formula is C22H22N4O3S. The van der Waals surface area contributed by atoms with E-state index in [1.807, 2.05) is 42.1 Å². The van der Waals surface area contributed by atoms with Crippen LogP contribution in [0.4, 0.5) is 5.69 Å². The molecule has 0 fully saturated rings. The first-order valence-corrected chi connectivity index (χ1v) is 10.3. The molecule has 0 saturated carbocycles. The zero-order chi connectivity index (χ0) is 21.3. The number of ether oxygens (including phenoxy) is 2. The lowest BCUT2D eigenvalue weighted by atomic mass is 10.1. The Hall–Kier alpha value is -3.39. The molecule has 0 bridgehead atoms. The van der Waals surface area contributed by atoms with Crippen LogP contribution in [0.3, 0.4) is 0 Å². The monoisotopic (exact) mass is 422 g/mol. The van der Waals surface area contributed by atoms with Crippen LogP contribution in [0.2, 0.25) is 0 Å². The molecule has 0 atom stereocenters. The number of hydrogen-bond donors (Lipinski definition) is 1. The summed E-state index contributed by atoms with van der Waals surface area (Å²) in [7, 11) is 3.13. The van der Waals surface area contributed by atoms with Gasteiger partial charge in [0.2, 0.25) is 0 Å². The number of rotatable bonds is 6. The van der Waals surface area contributed by atoms with Crippen molar-refractivity contribution in [1.82, 2.24) is 14.8 Å². The fourth-order valence-electron chi connectivity index (χ4n) is 3.25. The van der Waals surface area contributed by atoms with Crippen molar-refractivity contribution < 1.29 is 14.3 Å². The smallest absolute Gasteiger partial charge is 0.256 e. The average molecular weight is 423 g/mol. The van der Waals surface area contributed by atoms with Crippen molar-refractivity contribution in [3.63, 3.8) is 0 Å². The summed E-state index contributed by atoms with van der Waals surface area (Å²) < 4.78 is 12.4. The third kappa shape index (κ3) is 3.61. The number of pyridine rings is 1. The second kappa shape index (κ2) is 8.16. The van der Waals surface area contributed by atoms with E-state index in [-0.39, 0.29) is 11.9 Å². The van der Waals surface area contributed by atoms with Crippen LogP contribution in [-0.4, -0.2) is 34.9 Å². The van der Waals surface area contributed by atoms with Crippen LogP contribution in [-0.2, 0) is 0 Å². The molecule has 1 aromatic carbocycles. The number of carbonyl (C=O) groups is 1. The van der Waals surface area contributed by atoms with Crippen molar-refractivity contribution in [2.45, 2.75) is 19.9 Å². The molecule has 30 heavy (non-hydrogen) atoms. The van der Waals surface area contributed by atoms with Crippen LogP contribution in [0.15, 0.2) is 48.0 Å². The van der Waals surface area contributed by atoms with Gasteiger partial charge in [-0.25, -0.2) is 9.67 Å². The lowest BCUT2D eigenvalue weighted by Crippen LogP contribution is -2.13. The maximum absolute atomic E-state index is 13.2. The molecular weight excluding hydrogens is 400 g/mol. The standard InChI is InChI=1S/C22H22N4O3S/c1-13(2)26-21-16(12-23-26)15(11-17(25-21)20-6-5-9-30-20)22(27)24-14-7-8-18(28-3)19(10-14)29-4/h5-13H,1-4H3,(H,24,27). The highest BCUT2D eigenvalue weighted by atomic mass is 32.1. The fraction of sp³-hybridized carbons (Fsp3) is 0.227. The van der Waals surface area contributed by atoms with Crippen molar-refractivity contribution >= 4 is 34.0 Å². The Morgan fingerprint density at radius 1 is 1.13 bits per heavy atom. The maximum atomic E-state index is 13.2. The Bertz CT molecular complexity index is 1200. The van der Waals surface area contributed by atoms with Gasteiger partial charge in [0.1, 0.15) is 0 Å². The summed E-state index contributed by atoms with van der Waals surface area (Å²) in [6.07, 6.45) is 1.70. The second-order valence-electron chi connectivity index (χ2n) is 6.98. The van der Waals surface area contributed by atoms with Gasteiger partial charge in [0.15, 0.2) is 17.1 Å². The Labute approximate surface area is 178 Å². The lowest BCUT2D eigenvalue weighted by molar-refractivity contribution is 0.102. The number of anilines is 1. The number of carbonyl (C=O) groups excluding carboxylic acids is 1. The van der Waals surface area contributed by atoms with Crippen LogP contribution in [0.25, 0.3) is 21.6 Å². The van der Waals surface area contributed by atoms with Crippen molar-refractivity contribution in [1.29, 1.82) is 0 Å². The minimum Gasteiger partial charge on any atom is -0.493 e. The number of amides is 1. The topological polar surface area (TPSA) is 78.3 Å². The van der Waals surface area contributed by atoms with E-state index in [2.05, 4.69) is 10.4 Å². The Balaban J connectivity index is 1.78. The largest absolute Gasteiger partial charge is 0.493 e. The molecule has 1 N–H and O–H groups in total. The SMILES string of the molecule is COc1ccc(NC(=O)c2cc(-c3cccs3)nc3c2cnn3C(C)C)cc1OC. The van der Waals surface area contributed by atoms with Crippen LogP contribution in [0.5, 0.6) is 11.5 Å². The number of aromatic nitrogens is 3. The minimum absolute atomic E-state index is 0.121. The van der Waals surface area contributed by atoms with Gasteiger partial charge in [-0.15, -0.1) is 11.3 Å². The number of nitrogens with one attached hydrogen (secondary N) is 1. The second-order valence-corrected chi connectivity index (χ2v) is 7.92. The van der Waals surface area contributed by atoms with Gasteiger partial charge in [-0.1, -0.05) is 6.07 Å². The maximum Gasteiger partial charge on any atom is 0.256 e. The van der Waals surface area contributed by atoms with E-state index in [1.165, 1.54) is 0 Å². The molecule has 0 radical (unpaired) electrons. The number of thiophene rings is 1. The Morgan fingerprint density at radius 2 is 1.93 bits per heavy atom. The number of benzene rings is 1. The van der Waals surface area contributed by atoms with Crippen LogP contribution in [0.1, 0.15) is 30.2 Å². The fourth-order valence-corrected chi connectivity index (χ4v) is 3.93. The highest BCUT2D eigenvalue weighted by Crippen LogP contribution is 2.32. The third-order valence-corrected chi connectivity index (χ3v) is 5.61.